The molecule has 178 valence electrons. The van der Waals surface area contributed by atoms with E-state index in [1.807, 2.05) is 66.7 Å². The van der Waals surface area contributed by atoms with Crippen LogP contribution in [0.3, 0.4) is 0 Å². The van der Waals surface area contributed by atoms with Gasteiger partial charge in [-0.3, -0.25) is 14.4 Å². The summed E-state index contributed by atoms with van der Waals surface area (Å²) in [4.78, 5) is 39.0. The molecule has 0 radical (unpaired) electrons. The van der Waals surface area contributed by atoms with Gasteiger partial charge in [-0.15, -0.1) is 0 Å². The minimum atomic E-state index is -0.550. The van der Waals surface area contributed by atoms with Gasteiger partial charge < -0.3 is 16.0 Å². The molecule has 4 rings (SSSR count). The molecule has 0 bridgehead atoms. The third-order valence-corrected chi connectivity index (χ3v) is 5.36. The number of nitrogens with one attached hydrogen (secondary N) is 3. The molecule has 6 nitrogen and oxygen atoms in total. The fourth-order valence-electron chi connectivity index (χ4n) is 3.51. The average molecular weight is 476 g/mol. The van der Waals surface area contributed by atoms with E-state index in [4.69, 9.17) is 0 Å². The van der Waals surface area contributed by atoms with Crippen LogP contribution in [0.25, 0.3) is 6.08 Å². The second-order valence-electron chi connectivity index (χ2n) is 7.96. The van der Waals surface area contributed by atoms with Crippen molar-refractivity contribution in [1.82, 2.24) is 10.6 Å². The Labute approximate surface area is 209 Å². The topological polar surface area (TPSA) is 87.3 Å². The Balaban J connectivity index is 1.55. The Kier molecular flexibility index (Phi) is 8.02. The van der Waals surface area contributed by atoms with E-state index >= 15 is 0 Å². The predicted octanol–water partition coefficient (Wildman–Crippen LogP) is 5.03. The minimum absolute atomic E-state index is 0.0505. The van der Waals surface area contributed by atoms with Crippen molar-refractivity contribution in [2.45, 2.75) is 6.54 Å². The van der Waals surface area contributed by atoms with Crippen LogP contribution in [0.4, 0.5) is 5.69 Å². The number of para-hydroxylation sites is 1. The predicted molar refractivity (Wildman–Crippen MR) is 141 cm³/mol. The summed E-state index contributed by atoms with van der Waals surface area (Å²) in [5, 5.41) is 8.37. The van der Waals surface area contributed by atoms with Crippen LogP contribution in [0.15, 0.2) is 121 Å². The van der Waals surface area contributed by atoms with Crippen molar-refractivity contribution >= 4 is 29.5 Å². The van der Waals surface area contributed by atoms with Gasteiger partial charge in [0, 0.05) is 12.1 Å². The molecule has 4 aromatic rings. The number of anilines is 1. The quantitative estimate of drug-likeness (QED) is 0.313. The molecular formula is C30H25N3O3. The first-order chi connectivity index (χ1) is 17.6. The first-order valence-corrected chi connectivity index (χ1v) is 11.5. The molecule has 0 aliphatic heterocycles. The SMILES string of the molecule is O=C(Nc1ccccc1C(=O)NCc1ccccc1)/C(=C\c1ccccc1)NC(=O)c1ccccc1. The summed E-state index contributed by atoms with van der Waals surface area (Å²) in [5.74, 6) is -1.29. The number of carbonyl (C=O) groups excluding carboxylic acids is 3. The van der Waals surface area contributed by atoms with Crippen molar-refractivity contribution in [2.24, 2.45) is 0 Å². The smallest absolute Gasteiger partial charge is 0.272 e. The van der Waals surface area contributed by atoms with Crippen LogP contribution in [0, 0.1) is 0 Å². The lowest BCUT2D eigenvalue weighted by Gasteiger charge is -2.14. The van der Waals surface area contributed by atoms with Gasteiger partial charge in [0.1, 0.15) is 5.70 Å². The van der Waals surface area contributed by atoms with Crippen LogP contribution in [-0.4, -0.2) is 17.7 Å². The Bertz CT molecular complexity index is 1370. The Morgan fingerprint density at radius 3 is 1.92 bits per heavy atom. The number of hydrogen-bond acceptors (Lipinski definition) is 3. The van der Waals surface area contributed by atoms with Crippen LogP contribution < -0.4 is 16.0 Å². The third-order valence-electron chi connectivity index (χ3n) is 5.36. The molecule has 36 heavy (non-hydrogen) atoms. The molecule has 0 atom stereocenters. The molecule has 4 aromatic carbocycles. The van der Waals surface area contributed by atoms with Crippen molar-refractivity contribution in [3.8, 4) is 0 Å². The lowest BCUT2D eigenvalue weighted by molar-refractivity contribution is -0.113. The maximum atomic E-state index is 13.3. The molecule has 3 amide bonds. The van der Waals surface area contributed by atoms with Gasteiger partial charge in [-0.2, -0.15) is 0 Å². The van der Waals surface area contributed by atoms with Gasteiger partial charge in [-0.1, -0.05) is 91.0 Å². The van der Waals surface area contributed by atoms with Crippen LogP contribution in [0.1, 0.15) is 31.8 Å². The van der Waals surface area contributed by atoms with Gasteiger partial charge >= 0.3 is 0 Å². The van der Waals surface area contributed by atoms with Crippen LogP contribution in [0.2, 0.25) is 0 Å². The molecule has 0 heterocycles. The molecule has 0 aliphatic carbocycles. The van der Waals surface area contributed by atoms with E-state index in [9.17, 15) is 14.4 Å². The van der Waals surface area contributed by atoms with Gasteiger partial charge in [0.05, 0.1) is 11.3 Å². The number of benzene rings is 4. The third kappa shape index (κ3) is 6.55. The van der Waals surface area contributed by atoms with E-state index in [1.165, 1.54) is 0 Å². The van der Waals surface area contributed by atoms with E-state index in [-0.39, 0.29) is 11.6 Å². The summed E-state index contributed by atoms with van der Waals surface area (Å²) >= 11 is 0. The second kappa shape index (κ2) is 11.9. The molecule has 6 heteroatoms. The highest BCUT2D eigenvalue weighted by Gasteiger charge is 2.18. The first kappa shape index (κ1) is 24.2. The molecule has 0 saturated heterocycles. The lowest BCUT2D eigenvalue weighted by Crippen LogP contribution is -2.31. The minimum Gasteiger partial charge on any atom is -0.348 e. The van der Waals surface area contributed by atoms with Crippen molar-refractivity contribution in [3.05, 3.63) is 143 Å². The number of hydrogen-bond donors (Lipinski definition) is 3. The second-order valence-corrected chi connectivity index (χ2v) is 7.96. The molecule has 0 spiro atoms. The molecule has 0 unspecified atom stereocenters. The Morgan fingerprint density at radius 1 is 0.639 bits per heavy atom. The van der Waals surface area contributed by atoms with Crippen molar-refractivity contribution in [1.29, 1.82) is 0 Å². The highest BCUT2D eigenvalue weighted by molar-refractivity contribution is 6.13. The maximum Gasteiger partial charge on any atom is 0.272 e. The van der Waals surface area contributed by atoms with Crippen molar-refractivity contribution in [3.63, 3.8) is 0 Å². The molecule has 0 aromatic heterocycles. The number of carbonyl (C=O) groups is 3. The summed E-state index contributed by atoms with van der Waals surface area (Å²) in [6.07, 6.45) is 1.59. The van der Waals surface area contributed by atoms with Crippen LogP contribution in [0.5, 0.6) is 0 Å². The first-order valence-electron chi connectivity index (χ1n) is 11.5. The fourth-order valence-corrected chi connectivity index (χ4v) is 3.51. The van der Waals surface area contributed by atoms with E-state index in [0.29, 0.717) is 23.4 Å². The monoisotopic (exact) mass is 475 g/mol. The molecule has 3 N–H and O–H groups in total. The van der Waals surface area contributed by atoms with Crippen LogP contribution in [-0.2, 0) is 11.3 Å². The van der Waals surface area contributed by atoms with Gasteiger partial charge in [0.25, 0.3) is 17.7 Å². The number of amides is 3. The normalized spacial score (nSPS) is 10.8. The summed E-state index contributed by atoms with van der Waals surface area (Å²) in [6.45, 7) is 0.355. The standard InChI is InChI=1S/C30H25N3O3/c34-28(24-16-8-3-9-17-24)33-27(20-22-12-4-1-5-13-22)30(36)32-26-19-11-10-18-25(26)29(35)31-21-23-14-6-2-7-15-23/h1-20H,21H2,(H,31,35)(H,32,36)(H,33,34)/b27-20+. The zero-order chi connectivity index (χ0) is 25.2. The largest absolute Gasteiger partial charge is 0.348 e. The van der Waals surface area contributed by atoms with Gasteiger partial charge in [0.15, 0.2) is 0 Å². The summed E-state index contributed by atoms with van der Waals surface area (Å²) in [6, 6.07) is 34.1. The highest BCUT2D eigenvalue weighted by atomic mass is 16.2. The zero-order valence-electron chi connectivity index (χ0n) is 19.5. The summed E-state index contributed by atoms with van der Waals surface area (Å²) in [5.41, 5.74) is 2.82. The van der Waals surface area contributed by atoms with Crippen LogP contribution >= 0.6 is 0 Å². The average Bonchev–Trinajstić information content (AvgIpc) is 2.93. The molecule has 0 fully saturated rings. The fraction of sp³-hybridized carbons (Fsp3) is 0.0333. The summed E-state index contributed by atoms with van der Waals surface area (Å²) < 4.78 is 0. The number of rotatable bonds is 8. The van der Waals surface area contributed by atoms with E-state index in [2.05, 4.69) is 16.0 Å². The summed E-state index contributed by atoms with van der Waals surface area (Å²) in [7, 11) is 0. The lowest BCUT2D eigenvalue weighted by atomic mass is 10.1. The highest BCUT2D eigenvalue weighted by Crippen LogP contribution is 2.17. The Morgan fingerprint density at radius 2 is 1.22 bits per heavy atom. The van der Waals surface area contributed by atoms with Gasteiger partial charge in [0.2, 0.25) is 0 Å². The van der Waals surface area contributed by atoms with Crippen molar-refractivity contribution < 1.29 is 14.4 Å². The Hall–Kier alpha value is -4.97. The zero-order valence-corrected chi connectivity index (χ0v) is 19.5. The van der Waals surface area contributed by atoms with Gasteiger partial charge in [-0.25, -0.2) is 0 Å². The van der Waals surface area contributed by atoms with Crippen molar-refractivity contribution in [2.75, 3.05) is 5.32 Å². The van der Waals surface area contributed by atoms with Gasteiger partial charge in [-0.05, 0) is 41.5 Å². The molecule has 0 aliphatic rings. The van der Waals surface area contributed by atoms with E-state index in [1.54, 1.807) is 54.6 Å². The van der Waals surface area contributed by atoms with E-state index < -0.39 is 11.8 Å². The molecular weight excluding hydrogens is 450 g/mol. The maximum absolute atomic E-state index is 13.3. The molecule has 0 saturated carbocycles. The van der Waals surface area contributed by atoms with E-state index in [0.717, 1.165) is 11.1 Å².